The third-order valence-electron chi connectivity index (χ3n) is 3.49. The van der Waals surface area contributed by atoms with Crippen LogP contribution < -0.4 is 5.73 Å². The van der Waals surface area contributed by atoms with E-state index in [0.29, 0.717) is 20.7 Å². The van der Waals surface area contributed by atoms with Crippen molar-refractivity contribution in [3.8, 4) is 0 Å². The highest BCUT2D eigenvalue weighted by atomic mass is 32.1. The Kier molecular flexibility index (Phi) is 3.42. The molecule has 0 atom stereocenters. The fraction of sp³-hybridized carbons (Fsp3) is 0.143. The summed E-state index contributed by atoms with van der Waals surface area (Å²) in [5.41, 5.74) is 6.71. The Labute approximate surface area is 143 Å². The second-order valence-corrected chi connectivity index (χ2v) is 5.96. The molecule has 10 nitrogen and oxygen atoms in total. The number of primary amides is 1. The molecule has 0 saturated heterocycles. The molecular formula is C14H11N7O3S. The molecule has 3 aromatic heterocycles. The Morgan fingerprint density at radius 1 is 1.08 bits per heavy atom. The van der Waals surface area contributed by atoms with E-state index in [-0.39, 0.29) is 18.0 Å². The first-order valence-electron chi connectivity index (χ1n) is 7.27. The van der Waals surface area contributed by atoms with E-state index in [4.69, 9.17) is 10.5 Å². The van der Waals surface area contributed by atoms with E-state index in [9.17, 15) is 9.59 Å². The molecule has 126 valence electrons. The average Bonchev–Trinajstić information content (AvgIpc) is 3.17. The number of hydrogen-bond acceptors (Lipinski definition) is 8. The molecule has 3 heterocycles. The summed E-state index contributed by atoms with van der Waals surface area (Å²) < 4.78 is 8.03. The summed E-state index contributed by atoms with van der Waals surface area (Å²) in [6, 6.07) is 7.21. The van der Waals surface area contributed by atoms with Gasteiger partial charge in [0.2, 0.25) is 5.69 Å². The fourth-order valence-electron chi connectivity index (χ4n) is 2.44. The van der Waals surface area contributed by atoms with Gasteiger partial charge in [0.15, 0.2) is 15.4 Å². The topological polar surface area (TPSA) is 130 Å². The molecule has 1 aromatic carbocycles. The van der Waals surface area contributed by atoms with Crippen molar-refractivity contribution < 1.29 is 14.3 Å². The molecule has 4 rings (SSSR count). The molecule has 11 heteroatoms. The van der Waals surface area contributed by atoms with Gasteiger partial charge in [-0.25, -0.2) is 13.8 Å². The van der Waals surface area contributed by atoms with Crippen LogP contribution in [0.3, 0.4) is 0 Å². The average molecular weight is 357 g/mol. The highest BCUT2D eigenvalue weighted by Crippen LogP contribution is 2.25. The molecule has 0 aliphatic rings. The Morgan fingerprint density at radius 3 is 2.20 bits per heavy atom. The lowest BCUT2D eigenvalue weighted by atomic mass is 10.3. The molecule has 0 fully saturated rings. The first kappa shape index (κ1) is 15.2. The number of aromatic nitrogens is 6. The molecule has 4 aromatic rings. The van der Waals surface area contributed by atoms with Gasteiger partial charge in [0.05, 0.1) is 17.6 Å². The summed E-state index contributed by atoms with van der Waals surface area (Å²) in [5.74, 6) is -1.32. The van der Waals surface area contributed by atoms with E-state index in [1.807, 2.05) is 12.1 Å². The van der Waals surface area contributed by atoms with Gasteiger partial charge in [-0.3, -0.25) is 4.79 Å². The van der Waals surface area contributed by atoms with Crippen LogP contribution in [0, 0.1) is 0 Å². The zero-order chi connectivity index (χ0) is 17.6. The van der Waals surface area contributed by atoms with E-state index in [2.05, 4.69) is 20.6 Å². The van der Waals surface area contributed by atoms with Gasteiger partial charge in [-0.15, -0.1) is 10.2 Å². The van der Waals surface area contributed by atoms with Crippen LogP contribution in [0.5, 0.6) is 0 Å². The number of para-hydroxylation sites is 2. The predicted octanol–water partition coefficient (Wildman–Crippen LogP) is 0.824. The normalized spacial score (nSPS) is 11.2. The number of fused-ring (bicyclic) bond motifs is 5. The monoisotopic (exact) mass is 357 g/mol. The highest BCUT2D eigenvalue weighted by Gasteiger charge is 2.21. The van der Waals surface area contributed by atoms with Gasteiger partial charge < -0.3 is 10.5 Å². The second-order valence-electron chi connectivity index (χ2n) is 4.99. The van der Waals surface area contributed by atoms with Gasteiger partial charge in [-0.05, 0) is 19.1 Å². The number of nitrogens with two attached hydrogens (primary N) is 1. The maximum atomic E-state index is 12.2. The Hall–Kier alpha value is -3.34. The molecular weight excluding hydrogens is 346 g/mol. The van der Waals surface area contributed by atoms with Crippen molar-refractivity contribution in [2.24, 2.45) is 5.73 Å². The fourth-order valence-corrected chi connectivity index (χ4v) is 3.53. The van der Waals surface area contributed by atoms with Gasteiger partial charge in [-0.2, -0.15) is 0 Å². The smallest absolute Gasteiger partial charge is 0.362 e. The number of benzene rings is 1. The number of hydrogen-bond donors (Lipinski definition) is 1. The number of rotatable bonds is 3. The Bertz CT molecular complexity index is 1170. The lowest BCUT2D eigenvalue weighted by Crippen LogP contribution is -2.11. The zero-order valence-corrected chi connectivity index (χ0v) is 13.7. The summed E-state index contributed by atoms with van der Waals surface area (Å²) in [5, 5.41) is 15.9. The van der Waals surface area contributed by atoms with Crippen molar-refractivity contribution >= 4 is 43.9 Å². The molecule has 0 saturated carbocycles. The first-order chi connectivity index (χ1) is 12.1. The van der Waals surface area contributed by atoms with Gasteiger partial charge in [-0.1, -0.05) is 33.9 Å². The first-order valence-corrected chi connectivity index (χ1v) is 8.09. The van der Waals surface area contributed by atoms with Crippen LogP contribution in [0.25, 0.3) is 20.7 Å². The number of amides is 1. The van der Waals surface area contributed by atoms with E-state index in [0.717, 1.165) is 11.3 Å². The van der Waals surface area contributed by atoms with Gasteiger partial charge >= 0.3 is 5.97 Å². The molecule has 0 bridgehead atoms. The maximum absolute atomic E-state index is 12.2. The quantitative estimate of drug-likeness (QED) is 0.537. The van der Waals surface area contributed by atoms with Crippen LogP contribution in [0.1, 0.15) is 27.9 Å². The molecule has 0 unspecified atom stereocenters. The SMILES string of the molecule is CCOC(=O)c1nnn2c1sc1c(C(N)=O)nnn1c1ccccc12. The van der Waals surface area contributed by atoms with E-state index < -0.39 is 11.9 Å². The van der Waals surface area contributed by atoms with Crippen molar-refractivity contribution in [2.45, 2.75) is 6.92 Å². The lowest BCUT2D eigenvalue weighted by molar-refractivity contribution is 0.0521. The van der Waals surface area contributed by atoms with Crippen LogP contribution >= 0.6 is 11.3 Å². The van der Waals surface area contributed by atoms with Gasteiger partial charge in [0.1, 0.15) is 0 Å². The number of esters is 1. The molecule has 0 radical (unpaired) electrons. The molecule has 1 amide bonds. The largest absolute Gasteiger partial charge is 0.461 e. The molecule has 0 aliphatic carbocycles. The summed E-state index contributed by atoms with van der Waals surface area (Å²) in [4.78, 5) is 24.7. The summed E-state index contributed by atoms with van der Waals surface area (Å²) in [6.07, 6.45) is 0. The second kappa shape index (κ2) is 5.63. The van der Waals surface area contributed by atoms with Crippen LogP contribution in [0.2, 0.25) is 0 Å². The highest BCUT2D eigenvalue weighted by molar-refractivity contribution is 7.22. The van der Waals surface area contributed by atoms with Crippen LogP contribution in [-0.2, 0) is 4.74 Å². The predicted molar refractivity (Wildman–Crippen MR) is 88.2 cm³/mol. The Balaban J connectivity index is 2.23. The van der Waals surface area contributed by atoms with E-state index >= 15 is 0 Å². The van der Waals surface area contributed by atoms with Crippen LogP contribution in [-0.4, -0.2) is 48.1 Å². The van der Waals surface area contributed by atoms with Gasteiger partial charge in [0.25, 0.3) is 5.91 Å². The minimum atomic E-state index is -0.718. The van der Waals surface area contributed by atoms with Crippen molar-refractivity contribution in [1.82, 2.24) is 29.7 Å². The minimum absolute atomic E-state index is 0.00395. The standard InChI is InChI=1S/C14H11N7O3S/c1-2-24-14(23)10-13-21(19-17-10)8-6-4-3-5-7(8)20-12(25-13)9(11(15)22)16-18-20/h3-6H,2H2,1H3,(H2,15,22). The van der Waals surface area contributed by atoms with E-state index in [1.165, 1.54) is 9.03 Å². The van der Waals surface area contributed by atoms with Crippen LogP contribution in [0.15, 0.2) is 24.3 Å². The third-order valence-corrected chi connectivity index (χ3v) is 4.61. The lowest BCUT2D eigenvalue weighted by Gasteiger charge is -1.96. The molecule has 0 aliphatic heterocycles. The molecule has 2 N–H and O–H groups in total. The summed E-state index contributed by atoms with van der Waals surface area (Å²) in [7, 11) is 0. The van der Waals surface area contributed by atoms with Crippen molar-refractivity contribution in [2.75, 3.05) is 6.61 Å². The van der Waals surface area contributed by atoms with E-state index in [1.54, 1.807) is 19.1 Å². The zero-order valence-electron chi connectivity index (χ0n) is 12.9. The number of carbonyl (C=O) groups excluding carboxylic acids is 2. The summed E-state index contributed by atoms with van der Waals surface area (Å²) >= 11 is 1.08. The third kappa shape index (κ3) is 2.24. The number of ether oxygens (including phenoxy) is 1. The maximum Gasteiger partial charge on any atom is 0.362 e. The molecule has 0 spiro atoms. The van der Waals surface area contributed by atoms with Crippen molar-refractivity contribution in [3.05, 3.63) is 35.7 Å². The van der Waals surface area contributed by atoms with Crippen molar-refractivity contribution in [1.29, 1.82) is 0 Å². The minimum Gasteiger partial charge on any atom is -0.461 e. The number of carbonyl (C=O) groups is 2. The summed E-state index contributed by atoms with van der Waals surface area (Å²) in [6.45, 7) is 1.91. The van der Waals surface area contributed by atoms with Crippen molar-refractivity contribution in [3.63, 3.8) is 0 Å². The van der Waals surface area contributed by atoms with Gasteiger partial charge in [0, 0.05) is 0 Å². The Morgan fingerprint density at radius 2 is 1.64 bits per heavy atom. The molecule has 25 heavy (non-hydrogen) atoms. The number of nitrogens with zero attached hydrogens (tertiary/aromatic N) is 6. The van der Waals surface area contributed by atoms with Crippen LogP contribution in [0.4, 0.5) is 0 Å².